The van der Waals surface area contributed by atoms with Gasteiger partial charge < -0.3 is 10.4 Å². The third-order valence-corrected chi connectivity index (χ3v) is 2.37. The minimum atomic E-state index is -0.765. The van der Waals surface area contributed by atoms with Crippen molar-refractivity contribution in [1.29, 1.82) is 0 Å². The van der Waals surface area contributed by atoms with Crippen LogP contribution < -0.4 is 5.32 Å². The van der Waals surface area contributed by atoms with E-state index in [1.165, 1.54) is 11.1 Å². The Bertz CT molecular complexity index is 319. The first-order valence-electron chi connectivity index (χ1n) is 5.11. The van der Waals surface area contributed by atoms with Crippen LogP contribution in [0.1, 0.15) is 30.5 Å². The minimum Gasteiger partial charge on any atom is -0.481 e. The molecule has 2 N–H and O–H groups in total. The molecule has 15 heavy (non-hydrogen) atoms. The second kappa shape index (κ2) is 5.51. The quantitative estimate of drug-likeness (QED) is 0.777. The molecule has 0 bridgehead atoms. The number of aryl methyl sites for hydroxylation is 1. The van der Waals surface area contributed by atoms with E-state index in [-0.39, 0.29) is 12.5 Å². The summed E-state index contributed by atoms with van der Waals surface area (Å²) in [6, 6.07) is 8.45. The van der Waals surface area contributed by atoms with Crippen LogP contribution in [0, 0.1) is 6.92 Å². The molecule has 0 saturated heterocycles. The van der Waals surface area contributed by atoms with Crippen molar-refractivity contribution < 1.29 is 9.90 Å². The predicted molar refractivity (Wildman–Crippen MR) is 59.8 cm³/mol. The van der Waals surface area contributed by atoms with Crippen LogP contribution in [0.25, 0.3) is 0 Å². The van der Waals surface area contributed by atoms with Gasteiger partial charge in [-0.3, -0.25) is 4.79 Å². The van der Waals surface area contributed by atoms with Gasteiger partial charge in [0.2, 0.25) is 0 Å². The van der Waals surface area contributed by atoms with Gasteiger partial charge in [-0.1, -0.05) is 29.8 Å². The Hall–Kier alpha value is -1.35. The SMILES string of the molecule is Cc1ccc(C(C)NCCC(=O)O)cc1. The Morgan fingerprint density at radius 2 is 2.00 bits per heavy atom. The molecular weight excluding hydrogens is 190 g/mol. The fourth-order valence-electron chi connectivity index (χ4n) is 1.37. The van der Waals surface area contributed by atoms with Crippen LogP contribution in [0.2, 0.25) is 0 Å². The topological polar surface area (TPSA) is 49.3 Å². The monoisotopic (exact) mass is 207 g/mol. The van der Waals surface area contributed by atoms with Crippen LogP contribution in [0.5, 0.6) is 0 Å². The predicted octanol–water partition coefficient (Wildman–Crippen LogP) is 2.12. The smallest absolute Gasteiger partial charge is 0.304 e. The number of carboxylic acid groups (broad SMARTS) is 1. The van der Waals surface area contributed by atoms with Crippen LogP contribution in [-0.4, -0.2) is 17.6 Å². The van der Waals surface area contributed by atoms with Gasteiger partial charge in [0.05, 0.1) is 6.42 Å². The van der Waals surface area contributed by atoms with Crippen LogP contribution in [0.4, 0.5) is 0 Å². The number of carboxylic acids is 1. The van der Waals surface area contributed by atoms with Gasteiger partial charge in [-0.2, -0.15) is 0 Å². The van der Waals surface area contributed by atoms with E-state index < -0.39 is 5.97 Å². The zero-order chi connectivity index (χ0) is 11.3. The number of nitrogens with one attached hydrogen (secondary N) is 1. The fourth-order valence-corrected chi connectivity index (χ4v) is 1.37. The summed E-state index contributed by atoms with van der Waals surface area (Å²) in [6.07, 6.45) is 0.163. The maximum Gasteiger partial charge on any atom is 0.304 e. The fraction of sp³-hybridized carbons (Fsp3) is 0.417. The zero-order valence-electron chi connectivity index (χ0n) is 9.16. The molecule has 0 amide bonds. The van der Waals surface area contributed by atoms with E-state index in [9.17, 15) is 4.79 Å². The molecule has 3 nitrogen and oxygen atoms in total. The van der Waals surface area contributed by atoms with Gasteiger partial charge in [-0.15, -0.1) is 0 Å². The number of benzene rings is 1. The highest BCUT2D eigenvalue weighted by Gasteiger charge is 2.04. The second-order valence-electron chi connectivity index (χ2n) is 3.73. The van der Waals surface area contributed by atoms with E-state index in [1.54, 1.807) is 0 Å². The van der Waals surface area contributed by atoms with Gasteiger partial charge >= 0.3 is 5.97 Å². The second-order valence-corrected chi connectivity index (χ2v) is 3.73. The highest BCUT2D eigenvalue weighted by molar-refractivity contribution is 5.66. The molecule has 82 valence electrons. The summed E-state index contributed by atoms with van der Waals surface area (Å²) in [5, 5.41) is 11.7. The molecule has 0 spiro atoms. The zero-order valence-corrected chi connectivity index (χ0v) is 9.16. The van der Waals surface area contributed by atoms with Gasteiger partial charge in [-0.25, -0.2) is 0 Å². The third kappa shape index (κ3) is 4.13. The Morgan fingerprint density at radius 3 is 2.53 bits per heavy atom. The molecule has 1 unspecified atom stereocenters. The number of hydrogen-bond donors (Lipinski definition) is 2. The Morgan fingerprint density at radius 1 is 1.40 bits per heavy atom. The molecule has 0 aromatic heterocycles. The first-order valence-corrected chi connectivity index (χ1v) is 5.11. The minimum absolute atomic E-state index is 0.163. The van der Waals surface area contributed by atoms with Gasteiger partial charge in [0.25, 0.3) is 0 Å². The van der Waals surface area contributed by atoms with Gasteiger partial charge in [-0.05, 0) is 19.4 Å². The maximum atomic E-state index is 10.3. The molecule has 1 rings (SSSR count). The lowest BCUT2D eigenvalue weighted by molar-refractivity contribution is -0.136. The van der Waals surface area contributed by atoms with E-state index in [0.717, 1.165) is 0 Å². The van der Waals surface area contributed by atoms with Crippen molar-refractivity contribution >= 4 is 5.97 Å². The van der Waals surface area contributed by atoms with Crippen molar-refractivity contribution in [1.82, 2.24) is 5.32 Å². The lowest BCUT2D eigenvalue weighted by Gasteiger charge is -2.13. The molecule has 0 fully saturated rings. The van der Waals surface area contributed by atoms with Crippen molar-refractivity contribution in [2.24, 2.45) is 0 Å². The summed E-state index contributed by atoms with van der Waals surface area (Å²) in [5.74, 6) is -0.765. The van der Waals surface area contributed by atoms with Gasteiger partial charge in [0.15, 0.2) is 0 Å². The molecule has 1 atom stereocenters. The molecule has 0 heterocycles. The molecule has 3 heteroatoms. The van der Waals surface area contributed by atoms with Crippen molar-refractivity contribution in [2.45, 2.75) is 26.3 Å². The Labute approximate surface area is 90.1 Å². The number of carbonyl (C=O) groups is 1. The van der Waals surface area contributed by atoms with Crippen LogP contribution in [0.3, 0.4) is 0 Å². The van der Waals surface area contributed by atoms with Crippen molar-refractivity contribution in [3.63, 3.8) is 0 Å². The third-order valence-electron chi connectivity index (χ3n) is 2.37. The van der Waals surface area contributed by atoms with E-state index in [0.29, 0.717) is 6.54 Å². The lowest BCUT2D eigenvalue weighted by Crippen LogP contribution is -2.21. The number of hydrogen-bond acceptors (Lipinski definition) is 2. The molecule has 0 radical (unpaired) electrons. The average Bonchev–Trinajstić information content (AvgIpc) is 2.18. The Kier molecular flexibility index (Phi) is 4.31. The van der Waals surface area contributed by atoms with E-state index in [4.69, 9.17) is 5.11 Å². The first kappa shape index (κ1) is 11.7. The number of rotatable bonds is 5. The summed E-state index contributed by atoms with van der Waals surface area (Å²) in [6.45, 7) is 4.59. The standard InChI is InChI=1S/C12H17NO2/c1-9-3-5-11(6-4-9)10(2)13-8-7-12(14)15/h3-6,10,13H,7-8H2,1-2H3,(H,14,15). The van der Waals surface area contributed by atoms with Crippen molar-refractivity contribution in [3.05, 3.63) is 35.4 Å². The molecule has 0 aliphatic rings. The van der Waals surface area contributed by atoms with Gasteiger partial charge in [0.1, 0.15) is 0 Å². The molecule has 0 aliphatic heterocycles. The van der Waals surface area contributed by atoms with E-state index in [1.807, 2.05) is 13.8 Å². The van der Waals surface area contributed by atoms with Crippen LogP contribution >= 0.6 is 0 Å². The van der Waals surface area contributed by atoms with Crippen LogP contribution in [0.15, 0.2) is 24.3 Å². The molecule has 0 aliphatic carbocycles. The van der Waals surface area contributed by atoms with Gasteiger partial charge in [0, 0.05) is 12.6 Å². The van der Waals surface area contributed by atoms with E-state index >= 15 is 0 Å². The first-order chi connectivity index (χ1) is 7.09. The normalized spacial score (nSPS) is 12.4. The largest absolute Gasteiger partial charge is 0.481 e. The lowest BCUT2D eigenvalue weighted by atomic mass is 10.1. The average molecular weight is 207 g/mol. The van der Waals surface area contributed by atoms with Crippen molar-refractivity contribution in [2.75, 3.05) is 6.54 Å². The number of aliphatic carboxylic acids is 1. The summed E-state index contributed by atoms with van der Waals surface area (Å²) in [4.78, 5) is 10.3. The molecule has 0 saturated carbocycles. The van der Waals surface area contributed by atoms with Crippen molar-refractivity contribution in [3.8, 4) is 0 Å². The molecule has 1 aromatic carbocycles. The highest BCUT2D eigenvalue weighted by Crippen LogP contribution is 2.12. The summed E-state index contributed by atoms with van der Waals surface area (Å²) < 4.78 is 0. The highest BCUT2D eigenvalue weighted by atomic mass is 16.4. The summed E-state index contributed by atoms with van der Waals surface area (Å²) in [7, 11) is 0. The summed E-state index contributed by atoms with van der Waals surface area (Å²) >= 11 is 0. The Balaban J connectivity index is 2.43. The summed E-state index contributed by atoms with van der Waals surface area (Å²) in [5.41, 5.74) is 2.42. The molecule has 1 aromatic rings. The molecular formula is C12H17NO2. The van der Waals surface area contributed by atoms with E-state index in [2.05, 4.69) is 29.6 Å². The van der Waals surface area contributed by atoms with Crippen LogP contribution in [-0.2, 0) is 4.79 Å². The maximum absolute atomic E-state index is 10.3.